The lowest BCUT2D eigenvalue weighted by atomic mass is 10.1. The molecule has 17 heavy (non-hydrogen) atoms. The molecular formula is C16H23N. The molecule has 2 aliphatic carbocycles. The van der Waals surface area contributed by atoms with Gasteiger partial charge < -0.3 is 5.32 Å². The Labute approximate surface area is 105 Å². The molecule has 0 radical (unpaired) electrons. The van der Waals surface area contributed by atoms with Crippen LogP contribution in [0.25, 0.3) is 0 Å². The van der Waals surface area contributed by atoms with Gasteiger partial charge in [0.15, 0.2) is 0 Å². The number of nitrogens with one attached hydrogen (secondary N) is 1. The highest BCUT2D eigenvalue weighted by Crippen LogP contribution is 2.24. The second-order valence-corrected chi connectivity index (χ2v) is 5.74. The zero-order valence-electron chi connectivity index (χ0n) is 10.7. The van der Waals surface area contributed by atoms with E-state index in [0.29, 0.717) is 0 Å². The molecule has 2 aliphatic rings. The van der Waals surface area contributed by atoms with Crippen LogP contribution in [-0.4, -0.2) is 6.54 Å². The Morgan fingerprint density at radius 2 is 1.82 bits per heavy atom. The van der Waals surface area contributed by atoms with Crippen molar-refractivity contribution in [2.45, 2.75) is 51.5 Å². The van der Waals surface area contributed by atoms with Gasteiger partial charge in [0.2, 0.25) is 0 Å². The molecule has 0 saturated heterocycles. The van der Waals surface area contributed by atoms with Crippen LogP contribution < -0.4 is 5.32 Å². The lowest BCUT2D eigenvalue weighted by molar-refractivity contribution is 0.489. The molecule has 1 heteroatoms. The maximum absolute atomic E-state index is 3.63. The van der Waals surface area contributed by atoms with E-state index in [-0.39, 0.29) is 0 Å². The molecule has 1 nitrogen and oxygen atoms in total. The number of benzene rings is 1. The number of fused-ring (bicyclic) bond motifs is 1. The van der Waals surface area contributed by atoms with E-state index in [0.717, 1.165) is 12.5 Å². The van der Waals surface area contributed by atoms with Crippen LogP contribution >= 0.6 is 0 Å². The van der Waals surface area contributed by atoms with Crippen LogP contribution in [0.5, 0.6) is 0 Å². The molecular weight excluding hydrogens is 206 g/mol. The summed E-state index contributed by atoms with van der Waals surface area (Å²) in [6.07, 6.45) is 9.73. The van der Waals surface area contributed by atoms with Gasteiger partial charge in [-0.1, -0.05) is 31.0 Å². The highest BCUT2D eigenvalue weighted by molar-refractivity contribution is 5.35. The average Bonchev–Trinajstić information content (AvgIpc) is 2.98. The molecule has 0 heterocycles. The van der Waals surface area contributed by atoms with Gasteiger partial charge in [-0.15, -0.1) is 0 Å². The molecule has 1 saturated carbocycles. The minimum absolute atomic E-state index is 0.949. The van der Waals surface area contributed by atoms with Gasteiger partial charge in [-0.25, -0.2) is 0 Å². The summed E-state index contributed by atoms with van der Waals surface area (Å²) in [6.45, 7) is 2.28. The Kier molecular flexibility index (Phi) is 3.46. The summed E-state index contributed by atoms with van der Waals surface area (Å²) in [5.74, 6) is 0.949. The molecule has 0 amide bonds. The van der Waals surface area contributed by atoms with Gasteiger partial charge in [0, 0.05) is 6.54 Å². The fraction of sp³-hybridized carbons (Fsp3) is 0.625. The molecule has 3 rings (SSSR count). The van der Waals surface area contributed by atoms with Crippen LogP contribution in [0.2, 0.25) is 0 Å². The van der Waals surface area contributed by atoms with Crippen molar-refractivity contribution in [2.75, 3.05) is 6.54 Å². The molecule has 0 spiro atoms. The maximum atomic E-state index is 3.63. The Morgan fingerprint density at radius 3 is 2.71 bits per heavy atom. The van der Waals surface area contributed by atoms with Crippen LogP contribution in [0.1, 0.15) is 48.8 Å². The molecule has 0 bridgehead atoms. The Hall–Kier alpha value is -0.820. The SMILES string of the molecule is c1cc2c(cc1CNCC1CCCC1)CCC2. The minimum Gasteiger partial charge on any atom is -0.312 e. The highest BCUT2D eigenvalue weighted by atomic mass is 14.9. The first kappa shape index (κ1) is 11.3. The van der Waals surface area contributed by atoms with Crippen LogP contribution in [0, 0.1) is 5.92 Å². The fourth-order valence-electron chi connectivity index (χ4n) is 3.37. The summed E-state index contributed by atoms with van der Waals surface area (Å²) in [7, 11) is 0. The Bertz CT molecular complexity index is 377. The lowest BCUT2D eigenvalue weighted by Crippen LogP contribution is -2.20. The predicted molar refractivity (Wildman–Crippen MR) is 72.1 cm³/mol. The second-order valence-electron chi connectivity index (χ2n) is 5.74. The zero-order valence-corrected chi connectivity index (χ0v) is 10.7. The third kappa shape index (κ3) is 2.71. The Balaban J connectivity index is 1.51. The molecule has 0 unspecified atom stereocenters. The van der Waals surface area contributed by atoms with Crippen molar-refractivity contribution in [1.82, 2.24) is 5.32 Å². The van der Waals surface area contributed by atoms with Gasteiger partial charge >= 0.3 is 0 Å². The van der Waals surface area contributed by atoms with E-state index in [1.54, 1.807) is 11.1 Å². The highest BCUT2D eigenvalue weighted by Gasteiger charge is 2.14. The van der Waals surface area contributed by atoms with Crippen LogP contribution in [0.15, 0.2) is 18.2 Å². The number of hydrogen-bond donors (Lipinski definition) is 1. The third-order valence-corrected chi connectivity index (χ3v) is 4.40. The number of rotatable bonds is 4. The molecule has 0 aliphatic heterocycles. The monoisotopic (exact) mass is 229 g/mol. The van der Waals surface area contributed by atoms with Gasteiger partial charge in [-0.05, 0) is 61.3 Å². The molecule has 0 aromatic heterocycles. The van der Waals surface area contributed by atoms with E-state index in [4.69, 9.17) is 0 Å². The van der Waals surface area contributed by atoms with Gasteiger partial charge in [0.05, 0.1) is 0 Å². The maximum Gasteiger partial charge on any atom is 0.0205 e. The molecule has 1 N–H and O–H groups in total. The van der Waals surface area contributed by atoms with E-state index < -0.39 is 0 Å². The fourth-order valence-corrected chi connectivity index (χ4v) is 3.37. The summed E-state index contributed by atoms with van der Waals surface area (Å²) in [5.41, 5.74) is 4.67. The molecule has 1 fully saturated rings. The molecule has 0 atom stereocenters. The normalized spacial score (nSPS) is 19.8. The van der Waals surface area contributed by atoms with E-state index in [1.807, 2.05) is 0 Å². The van der Waals surface area contributed by atoms with Gasteiger partial charge in [0.25, 0.3) is 0 Å². The van der Waals surface area contributed by atoms with Gasteiger partial charge in [-0.2, -0.15) is 0 Å². The summed E-state index contributed by atoms with van der Waals surface area (Å²) in [5, 5.41) is 3.63. The van der Waals surface area contributed by atoms with Crippen molar-refractivity contribution < 1.29 is 0 Å². The molecule has 92 valence electrons. The van der Waals surface area contributed by atoms with Crippen LogP contribution in [0.3, 0.4) is 0 Å². The van der Waals surface area contributed by atoms with Crippen molar-refractivity contribution in [2.24, 2.45) is 5.92 Å². The summed E-state index contributed by atoms with van der Waals surface area (Å²) in [4.78, 5) is 0. The van der Waals surface area contributed by atoms with Crippen molar-refractivity contribution >= 4 is 0 Å². The predicted octanol–water partition coefficient (Wildman–Crippen LogP) is 3.46. The van der Waals surface area contributed by atoms with Crippen molar-refractivity contribution in [3.05, 3.63) is 34.9 Å². The van der Waals surface area contributed by atoms with Crippen molar-refractivity contribution in [3.63, 3.8) is 0 Å². The summed E-state index contributed by atoms with van der Waals surface area (Å²) >= 11 is 0. The number of aryl methyl sites for hydroxylation is 2. The van der Waals surface area contributed by atoms with Crippen LogP contribution in [-0.2, 0) is 19.4 Å². The van der Waals surface area contributed by atoms with E-state index in [1.165, 1.54) is 57.1 Å². The molecule has 1 aromatic carbocycles. The second kappa shape index (κ2) is 5.22. The van der Waals surface area contributed by atoms with E-state index >= 15 is 0 Å². The largest absolute Gasteiger partial charge is 0.312 e. The van der Waals surface area contributed by atoms with Gasteiger partial charge in [-0.3, -0.25) is 0 Å². The first-order chi connectivity index (χ1) is 8.42. The smallest absolute Gasteiger partial charge is 0.0205 e. The van der Waals surface area contributed by atoms with Crippen molar-refractivity contribution in [3.8, 4) is 0 Å². The summed E-state index contributed by atoms with van der Waals surface area (Å²) < 4.78 is 0. The first-order valence-electron chi connectivity index (χ1n) is 7.23. The van der Waals surface area contributed by atoms with E-state index in [2.05, 4.69) is 23.5 Å². The average molecular weight is 229 g/mol. The molecule has 1 aromatic rings. The number of hydrogen-bond acceptors (Lipinski definition) is 1. The van der Waals surface area contributed by atoms with Crippen molar-refractivity contribution in [1.29, 1.82) is 0 Å². The standard InChI is InChI=1S/C16H23N/c1-2-5-13(4-1)11-17-12-14-8-9-15-6-3-7-16(15)10-14/h8-10,13,17H,1-7,11-12H2. The third-order valence-electron chi connectivity index (χ3n) is 4.40. The lowest BCUT2D eigenvalue weighted by Gasteiger charge is -2.11. The Morgan fingerprint density at radius 1 is 1.00 bits per heavy atom. The quantitative estimate of drug-likeness (QED) is 0.834. The zero-order chi connectivity index (χ0) is 11.5. The minimum atomic E-state index is 0.949. The summed E-state index contributed by atoms with van der Waals surface area (Å²) in [6, 6.07) is 7.07. The van der Waals surface area contributed by atoms with Gasteiger partial charge in [0.1, 0.15) is 0 Å². The van der Waals surface area contributed by atoms with Crippen LogP contribution in [0.4, 0.5) is 0 Å². The first-order valence-corrected chi connectivity index (χ1v) is 7.23. The van der Waals surface area contributed by atoms with E-state index in [9.17, 15) is 0 Å². The topological polar surface area (TPSA) is 12.0 Å².